The van der Waals surface area contributed by atoms with Gasteiger partial charge in [0.2, 0.25) is 0 Å². The van der Waals surface area contributed by atoms with E-state index in [1.807, 2.05) is 24.3 Å². The third-order valence-electron chi connectivity index (χ3n) is 4.94. The molecular weight excluding hydrogens is 504 g/mol. The number of carbonyl (C=O) groups is 2. The number of hydrogen-bond acceptors (Lipinski definition) is 8. The zero-order valence-electron chi connectivity index (χ0n) is 19.3. The van der Waals surface area contributed by atoms with Crippen molar-refractivity contribution in [3.05, 3.63) is 82.2 Å². The number of amides is 1. The summed E-state index contributed by atoms with van der Waals surface area (Å²) in [5, 5.41) is 5.08. The van der Waals surface area contributed by atoms with Gasteiger partial charge in [-0.2, -0.15) is 5.10 Å². The molecule has 0 spiro atoms. The van der Waals surface area contributed by atoms with E-state index >= 15 is 0 Å². The van der Waals surface area contributed by atoms with Crippen molar-refractivity contribution in [2.75, 3.05) is 20.8 Å². The second kappa shape index (κ2) is 11.6. The Balaban J connectivity index is 1.37. The van der Waals surface area contributed by atoms with Crippen LogP contribution in [0.25, 0.3) is 10.1 Å². The fraction of sp³-hybridized carbons (Fsp3) is 0.115. The number of rotatable bonds is 9. The lowest BCUT2D eigenvalue weighted by Gasteiger charge is -2.10. The normalized spacial score (nSPS) is 10.9. The van der Waals surface area contributed by atoms with Gasteiger partial charge in [0.05, 0.1) is 25.5 Å². The predicted molar refractivity (Wildman–Crippen MR) is 139 cm³/mol. The molecule has 0 atom stereocenters. The van der Waals surface area contributed by atoms with Gasteiger partial charge in [-0.15, -0.1) is 11.3 Å². The van der Waals surface area contributed by atoms with Gasteiger partial charge >= 0.3 is 5.97 Å². The quantitative estimate of drug-likeness (QED) is 0.138. The van der Waals surface area contributed by atoms with E-state index in [-0.39, 0.29) is 12.4 Å². The van der Waals surface area contributed by atoms with Gasteiger partial charge in [-0.1, -0.05) is 41.9 Å². The zero-order chi connectivity index (χ0) is 25.5. The second-order valence-corrected chi connectivity index (χ2v) is 8.70. The van der Waals surface area contributed by atoms with Crippen LogP contribution in [0.5, 0.6) is 23.0 Å². The average molecular weight is 525 g/mol. The van der Waals surface area contributed by atoms with Crippen LogP contribution in [0.3, 0.4) is 0 Å². The molecule has 4 aromatic rings. The third-order valence-corrected chi connectivity index (χ3v) is 6.60. The van der Waals surface area contributed by atoms with E-state index in [4.69, 9.17) is 30.5 Å². The fourth-order valence-corrected chi connectivity index (χ4v) is 4.62. The number of esters is 1. The van der Waals surface area contributed by atoms with Gasteiger partial charge in [0.25, 0.3) is 5.91 Å². The predicted octanol–water partition coefficient (Wildman–Crippen LogP) is 5.32. The largest absolute Gasteiger partial charge is 0.493 e. The Morgan fingerprint density at radius 1 is 0.944 bits per heavy atom. The summed E-state index contributed by atoms with van der Waals surface area (Å²) in [5.41, 5.74) is 3.00. The number of ether oxygens (including phenoxy) is 4. The number of fused-ring (bicyclic) bond motifs is 1. The Bertz CT molecular complexity index is 1440. The summed E-state index contributed by atoms with van der Waals surface area (Å²) < 4.78 is 22.4. The summed E-state index contributed by atoms with van der Waals surface area (Å²) in [7, 11) is 2.98. The van der Waals surface area contributed by atoms with Crippen molar-refractivity contribution in [1.82, 2.24) is 5.43 Å². The minimum Gasteiger partial charge on any atom is -0.493 e. The van der Waals surface area contributed by atoms with Crippen LogP contribution in [-0.4, -0.2) is 38.9 Å². The van der Waals surface area contributed by atoms with Crippen LogP contribution < -0.4 is 24.4 Å². The highest BCUT2D eigenvalue weighted by Crippen LogP contribution is 2.37. The van der Waals surface area contributed by atoms with E-state index < -0.39 is 11.9 Å². The number of nitrogens with one attached hydrogen (secondary N) is 1. The van der Waals surface area contributed by atoms with Crippen molar-refractivity contribution in [2.24, 2.45) is 5.10 Å². The van der Waals surface area contributed by atoms with E-state index in [1.165, 1.54) is 31.8 Å². The van der Waals surface area contributed by atoms with Crippen LogP contribution >= 0.6 is 22.9 Å². The van der Waals surface area contributed by atoms with Crippen molar-refractivity contribution in [3.8, 4) is 23.0 Å². The Morgan fingerprint density at radius 2 is 1.67 bits per heavy atom. The lowest BCUT2D eigenvalue weighted by atomic mass is 10.2. The van der Waals surface area contributed by atoms with Crippen LogP contribution in [0.15, 0.2) is 71.8 Å². The molecule has 184 valence electrons. The molecule has 1 N–H and O–H groups in total. The summed E-state index contributed by atoms with van der Waals surface area (Å²) in [6.07, 6.45) is 1.43. The summed E-state index contributed by atoms with van der Waals surface area (Å²) >= 11 is 7.64. The van der Waals surface area contributed by atoms with Crippen molar-refractivity contribution in [1.29, 1.82) is 0 Å². The van der Waals surface area contributed by atoms with E-state index in [0.717, 1.165) is 10.1 Å². The van der Waals surface area contributed by atoms with E-state index in [0.29, 0.717) is 32.7 Å². The monoisotopic (exact) mass is 524 g/mol. The van der Waals surface area contributed by atoms with Gasteiger partial charge in [0.15, 0.2) is 29.6 Å². The first kappa shape index (κ1) is 25.0. The lowest BCUT2D eigenvalue weighted by molar-refractivity contribution is -0.123. The number of carbonyl (C=O) groups excluding carboxylic acids is 2. The average Bonchev–Trinajstić information content (AvgIpc) is 3.25. The molecule has 0 saturated carbocycles. The fourth-order valence-electron chi connectivity index (χ4n) is 3.23. The summed E-state index contributed by atoms with van der Waals surface area (Å²) in [6, 6.07) is 19.3. The summed E-state index contributed by atoms with van der Waals surface area (Å²) in [4.78, 5) is 25.1. The van der Waals surface area contributed by atoms with Gasteiger partial charge in [-0.05, 0) is 42.0 Å². The minimum absolute atomic E-state index is 0.224. The van der Waals surface area contributed by atoms with Crippen molar-refractivity contribution >= 4 is 51.1 Å². The number of thiophene rings is 1. The molecule has 0 fully saturated rings. The standard InChI is InChI=1S/C26H21ClN2O6S/c1-32-18-8-4-5-9-19(18)34-15-23(30)29-28-14-16-11-12-20(21(13-16)33-2)35-26(31)25-24(27)17-7-3-6-10-22(17)36-25/h3-14H,15H2,1-2H3,(H,29,30)/b28-14+. The van der Waals surface area contributed by atoms with Gasteiger partial charge in [-0.3, -0.25) is 4.79 Å². The first-order valence-electron chi connectivity index (χ1n) is 10.6. The molecule has 10 heteroatoms. The highest BCUT2D eigenvalue weighted by molar-refractivity contribution is 7.21. The molecule has 0 saturated heterocycles. The highest BCUT2D eigenvalue weighted by atomic mass is 35.5. The molecule has 0 radical (unpaired) electrons. The first-order chi connectivity index (χ1) is 17.5. The minimum atomic E-state index is -0.580. The Morgan fingerprint density at radius 3 is 2.42 bits per heavy atom. The molecule has 3 aromatic carbocycles. The third kappa shape index (κ3) is 5.76. The van der Waals surface area contributed by atoms with Crippen LogP contribution in [0, 0.1) is 0 Å². The first-order valence-corrected chi connectivity index (χ1v) is 11.8. The smallest absolute Gasteiger partial charge is 0.355 e. The number of para-hydroxylation sites is 2. The molecule has 1 heterocycles. The van der Waals surface area contributed by atoms with Gasteiger partial charge in [-0.25, -0.2) is 10.2 Å². The summed E-state index contributed by atoms with van der Waals surface area (Å²) in [5.74, 6) is 0.484. The molecule has 0 bridgehead atoms. The number of hydrazone groups is 1. The number of hydrogen-bond donors (Lipinski definition) is 1. The maximum atomic E-state index is 12.8. The molecule has 36 heavy (non-hydrogen) atoms. The van der Waals surface area contributed by atoms with E-state index in [9.17, 15) is 9.59 Å². The molecule has 0 aliphatic carbocycles. The van der Waals surface area contributed by atoms with Crippen LogP contribution in [0.1, 0.15) is 15.2 Å². The van der Waals surface area contributed by atoms with Crippen molar-refractivity contribution in [2.45, 2.75) is 0 Å². The Labute approximate surface area is 216 Å². The topological polar surface area (TPSA) is 95.5 Å². The molecular formula is C26H21ClN2O6S. The number of halogens is 1. The molecule has 0 unspecified atom stereocenters. The number of benzene rings is 3. The SMILES string of the molecule is COc1ccccc1OCC(=O)N/N=C/c1ccc(OC(=O)c2sc3ccccc3c2Cl)c(OC)c1. The van der Waals surface area contributed by atoms with Gasteiger partial charge in [0, 0.05) is 10.1 Å². The van der Waals surface area contributed by atoms with E-state index in [2.05, 4.69) is 10.5 Å². The maximum Gasteiger partial charge on any atom is 0.355 e. The Kier molecular flexibility index (Phi) is 8.04. The van der Waals surface area contributed by atoms with Crippen molar-refractivity contribution in [3.63, 3.8) is 0 Å². The van der Waals surface area contributed by atoms with E-state index in [1.54, 1.807) is 42.5 Å². The highest BCUT2D eigenvalue weighted by Gasteiger charge is 2.20. The molecule has 8 nitrogen and oxygen atoms in total. The molecule has 0 aliphatic rings. The van der Waals surface area contributed by atoms with Crippen molar-refractivity contribution < 1.29 is 28.5 Å². The van der Waals surface area contributed by atoms with Crippen LogP contribution in [0.4, 0.5) is 0 Å². The number of methoxy groups -OCH3 is 2. The second-order valence-electron chi connectivity index (χ2n) is 7.27. The lowest BCUT2D eigenvalue weighted by Crippen LogP contribution is -2.24. The molecule has 0 aliphatic heterocycles. The van der Waals surface area contributed by atoms with Crippen LogP contribution in [-0.2, 0) is 4.79 Å². The molecule has 1 aromatic heterocycles. The zero-order valence-corrected chi connectivity index (χ0v) is 20.9. The van der Waals surface area contributed by atoms with Crippen LogP contribution in [0.2, 0.25) is 5.02 Å². The number of nitrogens with zero attached hydrogens (tertiary/aromatic N) is 1. The summed E-state index contributed by atoms with van der Waals surface area (Å²) in [6.45, 7) is -0.240. The molecule has 1 amide bonds. The van der Waals surface area contributed by atoms with Gasteiger partial charge in [0.1, 0.15) is 4.88 Å². The molecule has 4 rings (SSSR count). The van der Waals surface area contributed by atoms with Gasteiger partial charge < -0.3 is 18.9 Å². The Hall–Kier alpha value is -4.08. The maximum absolute atomic E-state index is 12.8.